The van der Waals surface area contributed by atoms with Crippen LogP contribution in [0.5, 0.6) is 0 Å². The highest BCUT2D eigenvalue weighted by molar-refractivity contribution is 7.21. The lowest BCUT2D eigenvalue weighted by molar-refractivity contribution is 0.0299. The number of rotatable bonds is 4. The summed E-state index contributed by atoms with van der Waals surface area (Å²) in [7, 11) is 0. The Labute approximate surface area is 184 Å². The number of nitrogens with zero attached hydrogens (tertiary/aromatic N) is 3. The first-order chi connectivity index (χ1) is 15.2. The molecule has 2 unspecified atom stereocenters. The predicted molar refractivity (Wildman–Crippen MR) is 123 cm³/mol. The van der Waals surface area contributed by atoms with E-state index in [9.17, 15) is 4.79 Å². The molecule has 0 radical (unpaired) electrons. The molecule has 0 spiro atoms. The Morgan fingerprint density at radius 1 is 1.13 bits per heavy atom. The van der Waals surface area contributed by atoms with Gasteiger partial charge in [-0.05, 0) is 44.4 Å². The van der Waals surface area contributed by atoms with Crippen LogP contribution in [0.4, 0.5) is 11.8 Å². The van der Waals surface area contributed by atoms with Crippen LogP contribution in [0, 0.1) is 0 Å². The zero-order chi connectivity index (χ0) is 20.8. The van der Waals surface area contributed by atoms with Crippen molar-refractivity contribution in [1.29, 1.82) is 0 Å². The monoisotopic (exact) mass is 438 g/mol. The lowest BCUT2D eigenvalue weighted by Crippen LogP contribution is -2.44. The van der Waals surface area contributed by atoms with Crippen LogP contribution in [-0.4, -0.2) is 59.4 Å². The second-order valence-corrected chi connectivity index (χ2v) is 9.68. The minimum absolute atomic E-state index is 0.144. The first kappa shape index (κ1) is 19.2. The fraction of sp³-hybridized carbons (Fsp3) is 0.500. The van der Waals surface area contributed by atoms with Crippen molar-refractivity contribution in [2.45, 2.75) is 43.9 Å². The molecule has 3 fully saturated rings. The molecule has 6 rings (SSSR count). The maximum atomic E-state index is 13.4. The normalized spacial score (nSPS) is 25.8. The quantitative estimate of drug-likeness (QED) is 0.576. The number of anilines is 2. The topological polar surface area (TPSA) is 95.2 Å². The number of benzene rings is 1. The van der Waals surface area contributed by atoms with E-state index in [2.05, 4.69) is 20.5 Å². The van der Waals surface area contributed by atoms with Gasteiger partial charge in [-0.2, -0.15) is 4.98 Å². The average Bonchev–Trinajstić information content (AvgIpc) is 3.36. The average molecular weight is 439 g/mol. The second-order valence-electron chi connectivity index (χ2n) is 8.65. The van der Waals surface area contributed by atoms with Gasteiger partial charge in [0.1, 0.15) is 16.4 Å². The van der Waals surface area contributed by atoms with Crippen molar-refractivity contribution in [2.75, 3.05) is 36.4 Å². The fourth-order valence-electron chi connectivity index (χ4n) is 4.85. The Balaban J connectivity index is 1.42. The van der Waals surface area contributed by atoms with Crippen LogP contribution < -0.4 is 21.1 Å². The molecule has 8 nitrogen and oxygen atoms in total. The molecule has 3 aliphatic heterocycles. The molecule has 2 aromatic heterocycles. The number of hydrogen-bond acceptors (Lipinski definition) is 8. The summed E-state index contributed by atoms with van der Waals surface area (Å²) in [5, 5.41) is 7.70. The highest BCUT2D eigenvalue weighted by Crippen LogP contribution is 2.34. The van der Waals surface area contributed by atoms with Crippen molar-refractivity contribution in [3.8, 4) is 10.6 Å². The Kier molecular flexibility index (Phi) is 4.89. The summed E-state index contributed by atoms with van der Waals surface area (Å²) in [5.41, 5.74) is 1.29. The number of piperidine rings is 1. The minimum atomic E-state index is -0.144. The summed E-state index contributed by atoms with van der Waals surface area (Å²) in [6.45, 7) is 3.44. The smallest absolute Gasteiger partial charge is 0.264 e. The van der Waals surface area contributed by atoms with Gasteiger partial charge >= 0.3 is 0 Å². The number of ether oxygens (including phenoxy) is 1. The standard InChI is InChI=1S/C22H26N6O2S/c29-20-18(21-25-16-5-1-2-6-17(16)31-21)19(24-13-4-3-9-23-10-13)26-22(27-20)28-11-14-7-8-15(12-28)30-14/h1-2,5-6,13-15,23H,3-4,7-12H2,(H2,24,26,27,29)/t13-,14?,15?/m1/s1. The van der Waals surface area contributed by atoms with Crippen LogP contribution in [0.2, 0.25) is 0 Å². The molecular formula is C22H26N6O2S. The molecule has 3 saturated heterocycles. The van der Waals surface area contributed by atoms with Crippen LogP contribution in [-0.2, 0) is 4.74 Å². The van der Waals surface area contributed by atoms with Crippen molar-refractivity contribution < 1.29 is 4.74 Å². The first-order valence-electron chi connectivity index (χ1n) is 11.1. The van der Waals surface area contributed by atoms with E-state index >= 15 is 0 Å². The number of H-pyrrole nitrogens is 1. The van der Waals surface area contributed by atoms with Crippen molar-refractivity contribution in [1.82, 2.24) is 20.3 Å². The van der Waals surface area contributed by atoms with E-state index in [1.54, 1.807) is 0 Å². The molecule has 3 atom stereocenters. The Morgan fingerprint density at radius 3 is 2.74 bits per heavy atom. The SMILES string of the molecule is O=c1[nH]c(N2CC3CCC(C2)O3)nc(N[C@@H]2CCCNC2)c1-c1nc2ccccc2s1. The van der Waals surface area contributed by atoms with Gasteiger partial charge in [0.15, 0.2) is 0 Å². The second kappa shape index (κ2) is 7.89. The van der Waals surface area contributed by atoms with Crippen molar-refractivity contribution in [2.24, 2.45) is 0 Å². The molecule has 0 aliphatic carbocycles. The minimum Gasteiger partial charge on any atom is -0.371 e. The first-order valence-corrected chi connectivity index (χ1v) is 11.9. The lowest BCUT2D eigenvalue weighted by atomic mass is 10.1. The number of para-hydroxylation sites is 1. The number of nitrogens with one attached hydrogen (secondary N) is 3. The Morgan fingerprint density at radius 2 is 1.97 bits per heavy atom. The summed E-state index contributed by atoms with van der Waals surface area (Å²) in [5.74, 6) is 1.26. The highest BCUT2D eigenvalue weighted by Gasteiger charge is 2.35. The number of fused-ring (bicyclic) bond motifs is 3. The van der Waals surface area contributed by atoms with Gasteiger partial charge < -0.3 is 20.3 Å². The van der Waals surface area contributed by atoms with E-state index < -0.39 is 0 Å². The predicted octanol–water partition coefficient (Wildman–Crippen LogP) is 2.58. The van der Waals surface area contributed by atoms with E-state index in [0.717, 1.165) is 62.1 Å². The van der Waals surface area contributed by atoms with Gasteiger partial charge in [0, 0.05) is 25.7 Å². The van der Waals surface area contributed by atoms with E-state index in [4.69, 9.17) is 14.7 Å². The lowest BCUT2D eigenvalue weighted by Gasteiger charge is -2.33. The van der Waals surface area contributed by atoms with E-state index in [1.807, 2.05) is 24.3 Å². The molecule has 3 aromatic rings. The van der Waals surface area contributed by atoms with Gasteiger partial charge in [-0.3, -0.25) is 9.78 Å². The molecule has 162 valence electrons. The van der Waals surface area contributed by atoms with Crippen molar-refractivity contribution >= 4 is 33.3 Å². The van der Waals surface area contributed by atoms with Crippen LogP contribution in [0.3, 0.4) is 0 Å². The summed E-state index contributed by atoms with van der Waals surface area (Å²) in [6, 6.07) is 8.22. The summed E-state index contributed by atoms with van der Waals surface area (Å²) in [6.07, 6.45) is 4.77. The number of thiazole rings is 1. The third-order valence-electron chi connectivity index (χ3n) is 6.40. The number of morpholine rings is 1. The molecule has 1 aromatic carbocycles. The molecule has 31 heavy (non-hydrogen) atoms. The third-order valence-corrected chi connectivity index (χ3v) is 7.45. The van der Waals surface area contributed by atoms with Gasteiger partial charge in [0.2, 0.25) is 5.95 Å². The molecular weight excluding hydrogens is 412 g/mol. The zero-order valence-electron chi connectivity index (χ0n) is 17.3. The van der Waals surface area contributed by atoms with Crippen molar-refractivity contribution in [3.63, 3.8) is 0 Å². The number of hydrogen-bond donors (Lipinski definition) is 3. The number of aromatic amines is 1. The van der Waals surface area contributed by atoms with E-state index in [-0.39, 0.29) is 23.8 Å². The van der Waals surface area contributed by atoms with E-state index in [0.29, 0.717) is 22.3 Å². The molecule has 5 heterocycles. The van der Waals surface area contributed by atoms with Crippen molar-refractivity contribution in [3.05, 3.63) is 34.6 Å². The van der Waals surface area contributed by atoms with Crippen LogP contribution >= 0.6 is 11.3 Å². The fourth-order valence-corrected chi connectivity index (χ4v) is 5.86. The maximum absolute atomic E-state index is 13.4. The van der Waals surface area contributed by atoms with E-state index in [1.165, 1.54) is 11.3 Å². The summed E-state index contributed by atoms with van der Waals surface area (Å²) >= 11 is 1.53. The molecule has 2 bridgehead atoms. The molecule has 0 saturated carbocycles. The summed E-state index contributed by atoms with van der Waals surface area (Å²) < 4.78 is 7.03. The highest BCUT2D eigenvalue weighted by atomic mass is 32.1. The maximum Gasteiger partial charge on any atom is 0.264 e. The molecule has 9 heteroatoms. The van der Waals surface area contributed by atoms with Gasteiger partial charge in [-0.1, -0.05) is 12.1 Å². The molecule has 3 N–H and O–H groups in total. The van der Waals surface area contributed by atoms with Gasteiger partial charge in [-0.15, -0.1) is 11.3 Å². The third kappa shape index (κ3) is 3.71. The van der Waals surface area contributed by atoms with Crippen LogP contribution in [0.25, 0.3) is 20.8 Å². The van der Waals surface area contributed by atoms with Gasteiger partial charge in [0.05, 0.1) is 22.4 Å². The van der Waals surface area contributed by atoms with Crippen LogP contribution in [0.15, 0.2) is 29.1 Å². The molecule has 3 aliphatic rings. The summed E-state index contributed by atoms with van der Waals surface area (Å²) in [4.78, 5) is 28.3. The Bertz CT molecular complexity index is 1110. The largest absolute Gasteiger partial charge is 0.371 e. The van der Waals surface area contributed by atoms with Gasteiger partial charge in [0.25, 0.3) is 5.56 Å². The number of aromatic nitrogens is 3. The van der Waals surface area contributed by atoms with Gasteiger partial charge in [-0.25, -0.2) is 4.98 Å². The van der Waals surface area contributed by atoms with Crippen LogP contribution in [0.1, 0.15) is 25.7 Å². The molecule has 0 amide bonds. The zero-order valence-corrected chi connectivity index (χ0v) is 18.1. The Hall–Kier alpha value is -2.49.